The quantitative estimate of drug-likeness (QED) is 0.162. The third kappa shape index (κ3) is 8.97. The Bertz CT molecular complexity index is 715. The molecule has 0 spiro atoms. The summed E-state index contributed by atoms with van der Waals surface area (Å²) in [7, 11) is 0. The van der Waals surface area contributed by atoms with E-state index in [1.165, 1.54) is 4.90 Å². The van der Waals surface area contributed by atoms with Gasteiger partial charge in [-0.3, -0.25) is 19.2 Å². The Labute approximate surface area is 194 Å². The van der Waals surface area contributed by atoms with Gasteiger partial charge in [0, 0.05) is 13.0 Å². The summed E-state index contributed by atoms with van der Waals surface area (Å²) in [4.78, 5) is 62.6. The van der Waals surface area contributed by atoms with Crippen LogP contribution in [0.4, 0.5) is 0 Å². The van der Waals surface area contributed by atoms with E-state index in [0.717, 1.165) is 0 Å². The molecule has 0 aromatic carbocycles. The van der Waals surface area contributed by atoms with E-state index in [1.54, 1.807) is 13.8 Å². The second-order valence-electron chi connectivity index (χ2n) is 8.72. The molecule has 12 nitrogen and oxygen atoms in total. The number of carboxylic acids is 1. The molecular formula is C21H38N6O6. The number of nitrogens with two attached hydrogens (primary N) is 3. The fraction of sp³-hybridized carbons (Fsp3) is 0.762. The number of primary amides is 1. The number of hydrogen-bond acceptors (Lipinski definition) is 7. The van der Waals surface area contributed by atoms with Gasteiger partial charge in [0.2, 0.25) is 23.6 Å². The maximum atomic E-state index is 13.3. The van der Waals surface area contributed by atoms with E-state index in [-0.39, 0.29) is 25.3 Å². The number of hydrogen-bond donors (Lipinski definition) is 6. The van der Waals surface area contributed by atoms with Crippen molar-refractivity contribution in [2.24, 2.45) is 23.1 Å². The molecule has 4 unspecified atom stereocenters. The lowest BCUT2D eigenvalue weighted by Gasteiger charge is -2.30. The predicted molar refractivity (Wildman–Crippen MR) is 120 cm³/mol. The van der Waals surface area contributed by atoms with E-state index in [1.807, 2.05) is 0 Å². The lowest BCUT2D eigenvalue weighted by Crippen LogP contribution is -2.57. The maximum Gasteiger partial charge on any atom is 0.326 e. The van der Waals surface area contributed by atoms with E-state index in [9.17, 15) is 29.1 Å². The summed E-state index contributed by atoms with van der Waals surface area (Å²) >= 11 is 0. The molecule has 12 heteroatoms. The monoisotopic (exact) mass is 470 g/mol. The number of unbranched alkanes of at least 4 members (excludes halogenated alkanes) is 1. The molecule has 1 rings (SSSR count). The molecule has 0 saturated carbocycles. The summed E-state index contributed by atoms with van der Waals surface area (Å²) in [5, 5.41) is 14.4. The minimum Gasteiger partial charge on any atom is -0.480 e. The minimum absolute atomic E-state index is 0.0377. The number of carbonyl (C=O) groups is 5. The van der Waals surface area contributed by atoms with Crippen LogP contribution in [0.15, 0.2) is 0 Å². The molecule has 1 aliphatic rings. The summed E-state index contributed by atoms with van der Waals surface area (Å²) in [6.45, 7) is 4.08. The highest BCUT2D eigenvalue weighted by atomic mass is 16.4. The number of likely N-dealkylation sites (tertiary alicyclic amines) is 1. The van der Waals surface area contributed by atoms with Crippen LogP contribution in [0.1, 0.15) is 58.8 Å². The summed E-state index contributed by atoms with van der Waals surface area (Å²) in [6, 6.07) is -3.89. The van der Waals surface area contributed by atoms with Crippen molar-refractivity contribution >= 4 is 29.6 Å². The number of amides is 4. The van der Waals surface area contributed by atoms with Gasteiger partial charge in [0.15, 0.2) is 0 Å². The summed E-state index contributed by atoms with van der Waals surface area (Å²) in [5.74, 6) is -3.79. The minimum atomic E-state index is -1.16. The normalized spacial score (nSPS) is 18.5. The van der Waals surface area contributed by atoms with Gasteiger partial charge in [0.05, 0.1) is 6.04 Å². The molecule has 0 aromatic rings. The second kappa shape index (κ2) is 13.7. The average Bonchev–Trinajstić information content (AvgIpc) is 3.23. The van der Waals surface area contributed by atoms with E-state index in [4.69, 9.17) is 17.2 Å². The van der Waals surface area contributed by atoms with E-state index < -0.39 is 53.8 Å². The summed E-state index contributed by atoms with van der Waals surface area (Å²) in [6.07, 6.45) is 2.47. The average molecular weight is 471 g/mol. The molecule has 0 aromatic heterocycles. The first-order chi connectivity index (χ1) is 15.5. The highest BCUT2D eigenvalue weighted by Gasteiger charge is 2.39. The fourth-order valence-corrected chi connectivity index (χ4v) is 3.73. The van der Waals surface area contributed by atoms with Crippen molar-refractivity contribution in [3.63, 3.8) is 0 Å². The van der Waals surface area contributed by atoms with Crippen molar-refractivity contribution in [2.75, 3.05) is 13.1 Å². The van der Waals surface area contributed by atoms with Gasteiger partial charge in [-0.15, -0.1) is 0 Å². The van der Waals surface area contributed by atoms with Gasteiger partial charge in [0.1, 0.15) is 18.1 Å². The molecule has 1 aliphatic heterocycles. The van der Waals surface area contributed by atoms with Crippen molar-refractivity contribution in [1.82, 2.24) is 15.5 Å². The Morgan fingerprint density at radius 2 is 1.76 bits per heavy atom. The van der Waals surface area contributed by atoms with E-state index >= 15 is 0 Å². The van der Waals surface area contributed by atoms with Crippen molar-refractivity contribution in [1.29, 1.82) is 0 Å². The van der Waals surface area contributed by atoms with Crippen molar-refractivity contribution in [3.8, 4) is 0 Å². The molecule has 1 heterocycles. The number of nitrogens with zero attached hydrogens (tertiary/aromatic N) is 1. The molecule has 188 valence electrons. The lowest BCUT2D eigenvalue weighted by molar-refractivity contribution is -0.145. The van der Waals surface area contributed by atoms with Crippen LogP contribution in [0.25, 0.3) is 0 Å². The Balaban J connectivity index is 2.93. The molecular weight excluding hydrogens is 432 g/mol. The van der Waals surface area contributed by atoms with E-state index in [2.05, 4.69) is 10.6 Å². The van der Waals surface area contributed by atoms with Gasteiger partial charge in [-0.2, -0.15) is 0 Å². The van der Waals surface area contributed by atoms with Gasteiger partial charge in [-0.05, 0) is 44.6 Å². The first kappa shape index (κ1) is 28.3. The maximum absolute atomic E-state index is 13.3. The highest BCUT2D eigenvalue weighted by Crippen LogP contribution is 2.20. The van der Waals surface area contributed by atoms with Gasteiger partial charge < -0.3 is 37.8 Å². The smallest absolute Gasteiger partial charge is 0.326 e. The molecule has 0 radical (unpaired) electrons. The van der Waals surface area contributed by atoms with Crippen LogP contribution in [0.5, 0.6) is 0 Å². The Hall–Kier alpha value is -2.73. The van der Waals surface area contributed by atoms with Crippen LogP contribution >= 0.6 is 0 Å². The van der Waals surface area contributed by atoms with Crippen molar-refractivity contribution < 1.29 is 29.1 Å². The van der Waals surface area contributed by atoms with Gasteiger partial charge >= 0.3 is 5.97 Å². The van der Waals surface area contributed by atoms with Crippen molar-refractivity contribution in [3.05, 3.63) is 0 Å². The van der Waals surface area contributed by atoms with Crippen LogP contribution in [0.3, 0.4) is 0 Å². The highest BCUT2D eigenvalue weighted by molar-refractivity contribution is 5.94. The standard InChI is InChI=1S/C21H38N6O6/c1-12(2)17(21(32)33)26-19(30)15-7-5-11-27(15)20(31)14(8-9-16(24)28)25-18(29)13(23)6-3-4-10-22/h12-15,17H,3-11,22-23H2,1-2H3,(H2,24,28)(H,25,29)(H,26,30)(H,32,33). The van der Waals surface area contributed by atoms with Crippen LogP contribution in [0, 0.1) is 5.92 Å². The Morgan fingerprint density at radius 1 is 1.09 bits per heavy atom. The molecule has 1 fully saturated rings. The van der Waals surface area contributed by atoms with Crippen LogP contribution < -0.4 is 27.8 Å². The third-order valence-electron chi connectivity index (χ3n) is 5.67. The SMILES string of the molecule is CC(C)C(NC(=O)C1CCCN1C(=O)C(CCC(N)=O)NC(=O)C(N)CCCCN)C(=O)O. The molecule has 4 amide bonds. The van der Waals surface area contributed by atoms with Gasteiger partial charge in [-0.25, -0.2) is 4.79 Å². The summed E-state index contributed by atoms with van der Waals surface area (Å²) in [5.41, 5.74) is 16.6. The molecule has 9 N–H and O–H groups in total. The molecule has 0 bridgehead atoms. The van der Waals surface area contributed by atoms with Crippen LogP contribution in [0.2, 0.25) is 0 Å². The Morgan fingerprint density at radius 3 is 2.30 bits per heavy atom. The predicted octanol–water partition coefficient (Wildman–Crippen LogP) is -1.59. The number of carboxylic acid groups (broad SMARTS) is 1. The fourth-order valence-electron chi connectivity index (χ4n) is 3.73. The number of carbonyl (C=O) groups excluding carboxylic acids is 4. The molecule has 1 saturated heterocycles. The molecule has 0 aliphatic carbocycles. The topological polar surface area (TPSA) is 211 Å². The van der Waals surface area contributed by atoms with Crippen molar-refractivity contribution in [2.45, 2.75) is 83.0 Å². The Kier molecular flexibility index (Phi) is 11.8. The van der Waals surface area contributed by atoms with E-state index in [0.29, 0.717) is 38.6 Å². The first-order valence-corrected chi connectivity index (χ1v) is 11.4. The molecule has 33 heavy (non-hydrogen) atoms. The zero-order chi connectivity index (χ0) is 25.1. The largest absolute Gasteiger partial charge is 0.480 e. The third-order valence-corrected chi connectivity index (χ3v) is 5.67. The van der Waals surface area contributed by atoms with Crippen LogP contribution in [-0.4, -0.2) is 76.9 Å². The lowest BCUT2D eigenvalue weighted by atomic mass is 10.0. The molecule has 4 atom stereocenters. The number of aliphatic carboxylic acids is 1. The number of nitrogens with one attached hydrogen (secondary N) is 2. The zero-order valence-corrected chi connectivity index (χ0v) is 19.4. The van der Waals surface area contributed by atoms with Gasteiger partial charge in [-0.1, -0.05) is 20.3 Å². The summed E-state index contributed by atoms with van der Waals surface area (Å²) < 4.78 is 0. The van der Waals surface area contributed by atoms with Crippen LogP contribution in [-0.2, 0) is 24.0 Å². The zero-order valence-electron chi connectivity index (χ0n) is 19.4. The second-order valence-corrected chi connectivity index (χ2v) is 8.72. The van der Waals surface area contributed by atoms with Gasteiger partial charge in [0.25, 0.3) is 0 Å². The number of rotatable bonds is 14. The first-order valence-electron chi connectivity index (χ1n) is 11.4.